The second-order valence-electron chi connectivity index (χ2n) is 4.51. The average molecular weight is 457 g/mol. The number of carbonyl (C=O) groups is 1. The molecule has 0 saturated carbocycles. The van der Waals surface area contributed by atoms with E-state index in [1.807, 2.05) is 36.4 Å². The van der Waals surface area contributed by atoms with Crippen molar-refractivity contribution < 1.29 is 4.79 Å². The van der Waals surface area contributed by atoms with Gasteiger partial charge in [-0.25, -0.2) is 0 Å². The molecule has 0 fully saturated rings. The van der Waals surface area contributed by atoms with Crippen LogP contribution in [0.4, 0.5) is 0 Å². The molecule has 3 aromatic carbocycles. The SMILES string of the molecule is O=C(CBr)c1cc2cc(Br)cc(Br)c2c2ccccc12. The summed E-state index contributed by atoms with van der Waals surface area (Å²) in [7, 11) is 0. The number of fused-ring (bicyclic) bond motifs is 3. The van der Waals surface area contributed by atoms with Crippen molar-refractivity contribution in [2.45, 2.75) is 0 Å². The lowest BCUT2D eigenvalue weighted by Gasteiger charge is -2.11. The summed E-state index contributed by atoms with van der Waals surface area (Å²) in [6, 6.07) is 14.1. The maximum absolute atomic E-state index is 12.2. The first-order chi connectivity index (χ1) is 9.61. The fraction of sp³-hybridized carbons (Fsp3) is 0.0625. The molecule has 0 atom stereocenters. The second kappa shape index (κ2) is 5.58. The third-order valence-corrected chi connectivity index (χ3v) is 4.89. The third kappa shape index (κ3) is 2.34. The number of ketones is 1. The highest BCUT2D eigenvalue weighted by molar-refractivity contribution is 9.11. The third-order valence-electron chi connectivity index (χ3n) is 3.29. The molecule has 4 heteroatoms. The van der Waals surface area contributed by atoms with Crippen molar-refractivity contribution >= 4 is 75.1 Å². The van der Waals surface area contributed by atoms with Gasteiger partial charge in [-0.05, 0) is 34.4 Å². The van der Waals surface area contributed by atoms with E-state index in [4.69, 9.17) is 0 Å². The standard InChI is InChI=1S/C16H9Br3O/c17-8-15(20)13-6-9-5-10(18)7-14(19)16(9)12-4-2-1-3-11(12)13/h1-7H,8H2. The predicted octanol–water partition coefficient (Wildman–Crippen LogP) is 6.10. The zero-order valence-corrected chi connectivity index (χ0v) is 15.0. The number of hydrogen-bond acceptors (Lipinski definition) is 1. The van der Waals surface area contributed by atoms with Gasteiger partial charge in [0.1, 0.15) is 0 Å². The van der Waals surface area contributed by atoms with Gasteiger partial charge in [0, 0.05) is 19.9 Å². The maximum Gasteiger partial charge on any atom is 0.174 e. The van der Waals surface area contributed by atoms with Gasteiger partial charge in [-0.3, -0.25) is 4.79 Å². The number of Topliss-reactive ketones (excluding diaryl/α,β-unsaturated/α-hetero) is 1. The molecule has 0 aliphatic rings. The molecule has 20 heavy (non-hydrogen) atoms. The summed E-state index contributed by atoms with van der Waals surface area (Å²) in [4.78, 5) is 12.2. The van der Waals surface area contributed by atoms with Gasteiger partial charge >= 0.3 is 0 Å². The summed E-state index contributed by atoms with van der Waals surface area (Å²) >= 11 is 10.4. The lowest BCUT2D eigenvalue weighted by molar-refractivity contribution is 0.102. The van der Waals surface area contributed by atoms with Crippen LogP contribution in [0.1, 0.15) is 10.4 Å². The van der Waals surface area contributed by atoms with Gasteiger partial charge in [-0.15, -0.1) is 0 Å². The van der Waals surface area contributed by atoms with Gasteiger partial charge in [-0.2, -0.15) is 0 Å². The van der Waals surface area contributed by atoms with E-state index in [1.54, 1.807) is 0 Å². The second-order valence-corrected chi connectivity index (χ2v) is 6.84. The van der Waals surface area contributed by atoms with Crippen LogP contribution >= 0.6 is 47.8 Å². The van der Waals surface area contributed by atoms with Crippen molar-refractivity contribution in [3.63, 3.8) is 0 Å². The maximum atomic E-state index is 12.2. The van der Waals surface area contributed by atoms with Crippen LogP contribution in [-0.2, 0) is 0 Å². The molecule has 0 aliphatic heterocycles. The topological polar surface area (TPSA) is 17.1 Å². The van der Waals surface area contributed by atoms with E-state index in [0.29, 0.717) is 5.33 Å². The first-order valence-electron chi connectivity index (χ1n) is 6.01. The van der Waals surface area contributed by atoms with E-state index in [2.05, 4.69) is 53.9 Å². The molecule has 3 aromatic rings. The van der Waals surface area contributed by atoms with E-state index in [9.17, 15) is 4.79 Å². The Kier molecular flexibility index (Phi) is 3.98. The molecule has 0 N–H and O–H groups in total. The Hall–Kier alpha value is -0.710. The van der Waals surface area contributed by atoms with Crippen LogP contribution in [0.5, 0.6) is 0 Å². The first-order valence-corrected chi connectivity index (χ1v) is 8.72. The molecular formula is C16H9Br3O. The van der Waals surface area contributed by atoms with Gasteiger partial charge < -0.3 is 0 Å². The molecular weight excluding hydrogens is 448 g/mol. The Morgan fingerprint density at radius 3 is 2.40 bits per heavy atom. The molecule has 0 radical (unpaired) electrons. The van der Waals surface area contributed by atoms with Crippen LogP contribution in [0.2, 0.25) is 0 Å². The minimum Gasteiger partial charge on any atom is -0.293 e. The Labute approximate surface area is 141 Å². The number of benzene rings is 3. The molecule has 0 spiro atoms. The lowest BCUT2D eigenvalue weighted by atomic mass is 9.96. The fourth-order valence-corrected chi connectivity index (χ4v) is 4.24. The van der Waals surface area contributed by atoms with Gasteiger partial charge in [0.25, 0.3) is 0 Å². The van der Waals surface area contributed by atoms with Crippen LogP contribution in [-0.4, -0.2) is 11.1 Å². The number of carbonyl (C=O) groups excluding carboxylic acids is 1. The normalized spacial score (nSPS) is 11.2. The van der Waals surface area contributed by atoms with E-state index in [-0.39, 0.29) is 5.78 Å². The Balaban J connectivity index is 2.55. The summed E-state index contributed by atoms with van der Waals surface area (Å²) < 4.78 is 2.01. The van der Waals surface area contributed by atoms with Crippen LogP contribution in [0.25, 0.3) is 21.5 Å². The molecule has 0 amide bonds. The van der Waals surface area contributed by atoms with Gasteiger partial charge in [0.15, 0.2) is 5.78 Å². The van der Waals surface area contributed by atoms with Crippen molar-refractivity contribution in [1.82, 2.24) is 0 Å². The first kappa shape index (κ1) is 14.2. The highest BCUT2D eigenvalue weighted by atomic mass is 79.9. The van der Waals surface area contributed by atoms with Crippen LogP contribution in [0.3, 0.4) is 0 Å². The van der Waals surface area contributed by atoms with E-state index < -0.39 is 0 Å². The molecule has 0 unspecified atom stereocenters. The molecule has 0 aromatic heterocycles. The van der Waals surface area contributed by atoms with Crippen molar-refractivity contribution in [2.75, 3.05) is 5.33 Å². The fourth-order valence-electron chi connectivity index (χ4n) is 2.46. The van der Waals surface area contributed by atoms with Crippen LogP contribution in [0, 0.1) is 0 Å². The zero-order chi connectivity index (χ0) is 14.3. The van der Waals surface area contributed by atoms with E-state index >= 15 is 0 Å². The van der Waals surface area contributed by atoms with Crippen molar-refractivity contribution in [3.8, 4) is 0 Å². The Morgan fingerprint density at radius 1 is 1.00 bits per heavy atom. The van der Waals surface area contributed by atoms with Crippen molar-refractivity contribution in [2.24, 2.45) is 0 Å². The molecule has 0 saturated heterocycles. The summed E-state index contributed by atoms with van der Waals surface area (Å²) in [5, 5.41) is 4.60. The molecule has 1 nitrogen and oxygen atoms in total. The summed E-state index contributed by atoms with van der Waals surface area (Å²) in [5.74, 6) is 0.0965. The van der Waals surface area contributed by atoms with Crippen molar-refractivity contribution in [3.05, 3.63) is 57.0 Å². The minimum atomic E-state index is 0.0965. The van der Waals surface area contributed by atoms with Gasteiger partial charge in [0.05, 0.1) is 5.33 Å². The van der Waals surface area contributed by atoms with Crippen LogP contribution in [0.15, 0.2) is 51.4 Å². The van der Waals surface area contributed by atoms with E-state index in [1.165, 1.54) is 0 Å². The highest BCUT2D eigenvalue weighted by Gasteiger charge is 2.13. The Bertz CT molecular complexity index is 840. The quantitative estimate of drug-likeness (QED) is 0.259. The minimum absolute atomic E-state index is 0.0965. The zero-order valence-electron chi connectivity index (χ0n) is 10.3. The summed E-state index contributed by atoms with van der Waals surface area (Å²) in [6.45, 7) is 0. The average Bonchev–Trinajstić information content (AvgIpc) is 2.44. The molecule has 0 bridgehead atoms. The smallest absolute Gasteiger partial charge is 0.174 e. The molecule has 100 valence electrons. The number of rotatable bonds is 2. The summed E-state index contributed by atoms with van der Waals surface area (Å²) in [5.41, 5.74) is 0.759. The number of alkyl halides is 1. The van der Waals surface area contributed by atoms with Crippen molar-refractivity contribution in [1.29, 1.82) is 0 Å². The monoisotopic (exact) mass is 454 g/mol. The summed E-state index contributed by atoms with van der Waals surface area (Å²) in [6.07, 6.45) is 0. The van der Waals surface area contributed by atoms with E-state index in [0.717, 1.165) is 36.1 Å². The highest BCUT2D eigenvalue weighted by Crippen LogP contribution is 2.36. The number of halogens is 3. The van der Waals surface area contributed by atoms with Crippen LogP contribution < -0.4 is 0 Å². The number of hydrogen-bond donors (Lipinski definition) is 0. The lowest BCUT2D eigenvalue weighted by Crippen LogP contribution is -2.01. The molecule has 0 heterocycles. The largest absolute Gasteiger partial charge is 0.293 e. The Morgan fingerprint density at radius 2 is 1.70 bits per heavy atom. The van der Waals surface area contributed by atoms with Gasteiger partial charge in [0.2, 0.25) is 0 Å². The predicted molar refractivity (Wildman–Crippen MR) is 95.0 cm³/mol. The van der Waals surface area contributed by atoms with Gasteiger partial charge in [-0.1, -0.05) is 72.1 Å². The molecule has 0 aliphatic carbocycles. The molecule has 3 rings (SSSR count).